The van der Waals surface area contributed by atoms with Gasteiger partial charge in [-0.3, -0.25) is 9.78 Å². The van der Waals surface area contributed by atoms with Crippen LogP contribution < -0.4 is 4.74 Å². The molecule has 3 heterocycles. The zero-order valence-electron chi connectivity index (χ0n) is 17.4. The predicted molar refractivity (Wildman–Crippen MR) is 115 cm³/mol. The Balaban J connectivity index is 1.39. The summed E-state index contributed by atoms with van der Waals surface area (Å²) in [7, 11) is -3.63. The van der Waals surface area contributed by atoms with Gasteiger partial charge in [-0.15, -0.1) is 0 Å². The van der Waals surface area contributed by atoms with E-state index in [-0.39, 0.29) is 16.2 Å². The lowest BCUT2D eigenvalue weighted by atomic mass is 9.78. The number of likely N-dealkylation sites (tertiary alicyclic amines) is 1. The molecule has 2 aromatic rings. The normalized spacial score (nSPS) is 22.8. The molecular formula is C23H27N3O4S. The van der Waals surface area contributed by atoms with Gasteiger partial charge in [-0.05, 0) is 55.9 Å². The molecule has 1 saturated heterocycles. The highest BCUT2D eigenvalue weighted by Gasteiger charge is 2.44. The molecule has 31 heavy (non-hydrogen) atoms. The van der Waals surface area contributed by atoms with E-state index in [1.54, 1.807) is 47.0 Å². The number of pyridine rings is 1. The van der Waals surface area contributed by atoms with E-state index in [4.69, 9.17) is 4.74 Å². The van der Waals surface area contributed by atoms with Gasteiger partial charge in [0.25, 0.3) is 5.91 Å². The van der Waals surface area contributed by atoms with Crippen LogP contribution in [0.5, 0.6) is 5.75 Å². The first kappa shape index (κ1) is 20.5. The fraction of sp³-hybridized carbons (Fsp3) is 0.478. The lowest BCUT2D eigenvalue weighted by Crippen LogP contribution is -2.52. The second-order valence-corrected chi connectivity index (χ2v) is 10.9. The van der Waals surface area contributed by atoms with E-state index in [2.05, 4.69) is 4.98 Å². The maximum absolute atomic E-state index is 13.5. The molecule has 2 fully saturated rings. The van der Waals surface area contributed by atoms with E-state index in [1.165, 1.54) is 0 Å². The van der Waals surface area contributed by atoms with Crippen LogP contribution in [0.3, 0.4) is 0 Å². The summed E-state index contributed by atoms with van der Waals surface area (Å²) in [4.78, 5) is 19.0. The minimum atomic E-state index is -3.63. The van der Waals surface area contributed by atoms with Gasteiger partial charge in [-0.25, -0.2) is 8.42 Å². The van der Waals surface area contributed by atoms with Gasteiger partial charge in [0.2, 0.25) is 10.0 Å². The third-order valence-electron chi connectivity index (χ3n) is 6.69. The smallest absolute Gasteiger partial charge is 0.255 e. The van der Waals surface area contributed by atoms with Crippen molar-refractivity contribution in [2.75, 3.05) is 32.8 Å². The van der Waals surface area contributed by atoms with Gasteiger partial charge >= 0.3 is 0 Å². The summed E-state index contributed by atoms with van der Waals surface area (Å²) in [6.45, 7) is 2.62. The molecule has 3 aliphatic rings. The molecule has 0 N–H and O–H groups in total. The first-order chi connectivity index (χ1) is 15.0. The Morgan fingerprint density at radius 2 is 1.90 bits per heavy atom. The molecule has 1 aromatic carbocycles. The van der Waals surface area contributed by atoms with E-state index in [0.717, 1.165) is 12.8 Å². The summed E-state index contributed by atoms with van der Waals surface area (Å²) >= 11 is 0. The van der Waals surface area contributed by atoms with Crippen LogP contribution in [-0.4, -0.2) is 61.3 Å². The average molecular weight is 442 g/mol. The minimum Gasteiger partial charge on any atom is -0.492 e. The molecule has 8 heteroatoms. The lowest BCUT2D eigenvalue weighted by molar-refractivity contribution is 0.0296. The number of para-hydroxylation sites is 1. The van der Waals surface area contributed by atoms with Crippen LogP contribution in [0.1, 0.15) is 36.0 Å². The van der Waals surface area contributed by atoms with Crippen LogP contribution in [0, 0.1) is 11.3 Å². The zero-order chi connectivity index (χ0) is 21.5. The highest BCUT2D eigenvalue weighted by molar-refractivity contribution is 7.89. The summed E-state index contributed by atoms with van der Waals surface area (Å²) < 4.78 is 34.8. The SMILES string of the molecule is O=C(c1cccnc1)N1CCC2(CC1)COc1ccccc1S(=O)(=O)N(CC1CC1)C2. The van der Waals surface area contributed by atoms with Gasteiger partial charge in [0.1, 0.15) is 10.6 Å². The van der Waals surface area contributed by atoms with E-state index in [0.29, 0.717) is 62.9 Å². The van der Waals surface area contributed by atoms with Crippen molar-refractivity contribution in [1.82, 2.24) is 14.2 Å². The van der Waals surface area contributed by atoms with Crippen LogP contribution in [0.4, 0.5) is 0 Å². The molecule has 0 atom stereocenters. The number of rotatable bonds is 3. The molecular weight excluding hydrogens is 414 g/mol. The van der Waals surface area contributed by atoms with Crippen LogP contribution in [0.25, 0.3) is 0 Å². The average Bonchev–Trinajstić information content (AvgIpc) is 3.62. The number of sulfonamides is 1. The van der Waals surface area contributed by atoms with Crippen molar-refractivity contribution in [1.29, 1.82) is 0 Å². The maximum Gasteiger partial charge on any atom is 0.255 e. The summed E-state index contributed by atoms with van der Waals surface area (Å²) in [6.07, 6.45) is 6.83. The zero-order valence-corrected chi connectivity index (χ0v) is 18.3. The standard InChI is InChI=1S/C23H27N3O4S/c27-22(19-4-3-11-24-14-19)25-12-9-23(10-13-25)16-26(15-18-7-8-18)31(28,29)21-6-2-1-5-20(21)30-17-23/h1-6,11,14,18H,7-10,12-13,15-17H2. The molecule has 1 spiro atoms. The van der Waals surface area contributed by atoms with Gasteiger partial charge in [-0.2, -0.15) is 4.31 Å². The number of hydrogen-bond donors (Lipinski definition) is 0. The van der Waals surface area contributed by atoms with Crippen molar-refractivity contribution in [2.45, 2.75) is 30.6 Å². The van der Waals surface area contributed by atoms with Crippen molar-refractivity contribution >= 4 is 15.9 Å². The fourth-order valence-corrected chi connectivity index (χ4v) is 6.33. The summed E-state index contributed by atoms with van der Waals surface area (Å²) in [5, 5.41) is 0. The highest BCUT2D eigenvalue weighted by Crippen LogP contribution is 2.41. The Labute approximate surface area is 183 Å². The molecule has 0 bridgehead atoms. The van der Waals surface area contributed by atoms with Crippen molar-refractivity contribution in [3.63, 3.8) is 0 Å². The number of fused-ring (bicyclic) bond motifs is 1. The third-order valence-corrected chi connectivity index (χ3v) is 8.54. The molecule has 1 aromatic heterocycles. The number of hydrogen-bond acceptors (Lipinski definition) is 5. The summed E-state index contributed by atoms with van der Waals surface area (Å²) in [6, 6.07) is 10.5. The minimum absolute atomic E-state index is 0.0254. The largest absolute Gasteiger partial charge is 0.492 e. The van der Waals surface area contributed by atoms with Crippen LogP contribution in [-0.2, 0) is 10.0 Å². The number of piperidine rings is 1. The predicted octanol–water partition coefficient (Wildman–Crippen LogP) is 2.80. The van der Waals surface area contributed by atoms with Crippen molar-refractivity contribution in [3.8, 4) is 5.75 Å². The number of carbonyl (C=O) groups is 1. The van der Waals surface area contributed by atoms with Crippen molar-refractivity contribution in [3.05, 3.63) is 54.4 Å². The van der Waals surface area contributed by atoms with E-state index < -0.39 is 10.0 Å². The van der Waals surface area contributed by atoms with Gasteiger partial charge < -0.3 is 9.64 Å². The molecule has 2 aliphatic heterocycles. The van der Waals surface area contributed by atoms with E-state index >= 15 is 0 Å². The number of nitrogens with zero attached hydrogens (tertiary/aromatic N) is 3. The number of ether oxygens (including phenoxy) is 1. The molecule has 0 radical (unpaired) electrons. The number of carbonyl (C=O) groups excluding carboxylic acids is 1. The maximum atomic E-state index is 13.5. The molecule has 5 rings (SSSR count). The van der Waals surface area contributed by atoms with Gasteiger partial charge in [0.15, 0.2) is 0 Å². The molecule has 164 valence electrons. The third kappa shape index (κ3) is 4.06. The van der Waals surface area contributed by atoms with Gasteiger partial charge in [0.05, 0.1) is 12.2 Å². The molecule has 1 aliphatic carbocycles. The summed E-state index contributed by atoms with van der Waals surface area (Å²) in [5.74, 6) is 0.852. The number of amides is 1. The summed E-state index contributed by atoms with van der Waals surface area (Å²) in [5.41, 5.74) is 0.278. The Morgan fingerprint density at radius 3 is 2.61 bits per heavy atom. The van der Waals surface area contributed by atoms with Crippen LogP contribution in [0.2, 0.25) is 0 Å². The van der Waals surface area contributed by atoms with Gasteiger partial charge in [0, 0.05) is 44.0 Å². The molecule has 7 nitrogen and oxygen atoms in total. The molecule has 1 amide bonds. The molecule has 1 saturated carbocycles. The second kappa shape index (κ2) is 7.91. The Kier molecular flexibility index (Phi) is 5.22. The van der Waals surface area contributed by atoms with E-state index in [9.17, 15) is 13.2 Å². The quantitative estimate of drug-likeness (QED) is 0.732. The monoisotopic (exact) mass is 441 g/mol. The lowest BCUT2D eigenvalue weighted by Gasteiger charge is -2.45. The fourth-order valence-electron chi connectivity index (χ4n) is 4.57. The van der Waals surface area contributed by atoms with Crippen LogP contribution in [0.15, 0.2) is 53.7 Å². The molecule has 0 unspecified atom stereocenters. The first-order valence-corrected chi connectivity index (χ1v) is 12.3. The number of benzene rings is 1. The van der Waals surface area contributed by atoms with Crippen LogP contribution >= 0.6 is 0 Å². The second-order valence-electron chi connectivity index (χ2n) is 9.01. The Hall–Kier alpha value is -2.45. The Bertz CT molecular complexity index is 1060. The van der Waals surface area contributed by atoms with Gasteiger partial charge in [-0.1, -0.05) is 12.1 Å². The topological polar surface area (TPSA) is 79.8 Å². The first-order valence-electron chi connectivity index (χ1n) is 10.9. The number of aromatic nitrogens is 1. The van der Waals surface area contributed by atoms with Crippen molar-refractivity contribution < 1.29 is 17.9 Å². The Morgan fingerprint density at radius 1 is 1.13 bits per heavy atom. The van der Waals surface area contributed by atoms with Crippen molar-refractivity contribution in [2.24, 2.45) is 11.3 Å². The highest BCUT2D eigenvalue weighted by atomic mass is 32.2. The van der Waals surface area contributed by atoms with E-state index in [1.807, 2.05) is 11.0 Å².